The predicted octanol–water partition coefficient (Wildman–Crippen LogP) is 4.20. The number of nitrogens with one attached hydrogen (secondary N) is 1. The Kier molecular flexibility index (Phi) is 6.55. The van der Waals surface area contributed by atoms with Crippen molar-refractivity contribution in [3.05, 3.63) is 89.4 Å². The molecule has 0 aliphatic carbocycles. The van der Waals surface area contributed by atoms with Gasteiger partial charge in [0.05, 0.1) is 6.26 Å². The highest BCUT2D eigenvalue weighted by Crippen LogP contribution is 2.25. The van der Waals surface area contributed by atoms with E-state index in [1.165, 1.54) is 0 Å². The highest BCUT2D eigenvalue weighted by molar-refractivity contribution is 7.98. The summed E-state index contributed by atoms with van der Waals surface area (Å²) in [5.74, 6) is 0.736. The molecular formula is C22H22N2O3S. The van der Waals surface area contributed by atoms with Crippen LogP contribution in [0.1, 0.15) is 32.0 Å². The SMILES string of the molecule is CNC(=O)c1ccc(CN(C)C(=O)c2occc2CSc2ccccc2)cc1. The molecule has 6 heteroatoms. The fraction of sp³-hybridized carbons (Fsp3) is 0.182. The van der Waals surface area contributed by atoms with E-state index < -0.39 is 0 Å². The van der Waals surface area contributed by atoms with Gasteiger partial charge in [0, 0.05) is 42.4 Å². The minimum absolute atomic E-state index is 0.132. The van der Waals surface area contributed by atoms with Gasteiger partial charge in [-0.15, -0.1) is 11.8 Å². The minimum atomic E-state index is -0.163. The molecule has 2 aromatic carbocycles. The number of furan rings is 1. The molecule has 0 saturated carbocycles. The summed E-state index contributed by atoms with van der Waals surface area (Å²) in [6.07, 6.45) is 1.56. The molecule has 0 radical (unpaired) electrons. The molecule has 0 aliphatic rings. The largest absolute Gasteiger partial charge is 0.459 e. The maximum atomic E-state index is 12.8. The van der Waals surface area contributed by atoms with E-state index in [0.29, 0.717) is 23.6 Å². The van der Waals surface area contributed by atoms with Gasteiger partial charge in [0.15, 0.2) is 5.76 Å². The normalized spacial score (nSPS) is 10.5. The number of rotatable bonds is 7. The van der Waals surface area contributed by atoms with Crippen LogP contribution in [0.15, 0.2) is 76.2 Å². The fourth-order valence-corrected chi connectivity index (χ4v) is 3.64. The van der Waals surface area contributed by atoms with Crippen molar-refractivity contribution in [1.82, 2.24) is 10.2 Å². The van der Waals surface area contributed by atoms with Gasteiger partial charge in [-0.05, 0) is 35.9 Å². The second-order valence-corrected chi connectivity index (χ2v) is 7.36. The Hall–Kier alpha value is -2.99. The first-order chi connectivity index (χ1) is 13.6. The molecule has 0 aliphatic heterocycles. The number of carbonyl (C=O) groups excluding carboxylic acids is 2. The molecule has 5 nitrogen and oxygen atoms in total. The lowest BCUT2D eigenvalue weighted by Gasteiger charge is -2.17. The molecule has 0 saturated heterocycles. The molecule has 2 amide bonds. The highest BCUT2D eigenvalue weighted by atomic mass is 32.2. The second kappa shape index (κ2) is 9.28. The summed E-state index contributed by atoms with van der Waals surface area (Å²) in [6, 6.07) is 19.1. The zero-order valence-corrected chi connectivity index (χ0v) is 16.7. The average Bonchev–Trinajstić information content (AvgIpc) is 3.21. The number of carbonyl (C=O) groups is 2. The van der Waals surface area contributed by atoms with E-state index in [4.69, 9.17) is 4.42 Å². The number of hydrogen-bond acceptors (Lipinski definition) is 4. The Labute approximate surface area is 168 Å². The molecule has 1 aromatic heterocycles. The van der Waals surface area contributed by atoms with Gasteiger partial charge >= 0.3 is 0 Å². The van der Waals surface area contributed by atoms with Crippen molar-refractivity contribution in [2.24, 2.45) is 0 Å². The Morgan fingerprint density at radius 3 is 2.43 bits per heavy atom. The average molecular weight is 394 g/mol. The molecule has 144 valence electrons. The number of thioether (sulfide) groups is 1. The molecule has 3 aromatic rings. The first-order valence-corrected chi connectivity index (χ1v) is 9.87. The van der Waals surface area contributed by atoms with Gasteiger partial charge in [-0.2, -0.15) is 0 Å². The van der Waals surface area contributed by atoms with E-state index in [9.17, 15) is 9.59 Å². The summed E-state index contributed by atoms with van der Waals surface area (Å²) in [5, 5.41) is 2.59. The molecule has 3 rings (SSSR count). The van der Waals surface area contributed by atoms with Crippen LogP contribution in [0.5, 0.6) is 0 Å². The molecule has 0 spiro atoms. The Bertz CT molecular complexity index is 936. The third-order valence-corrected chi connectivity index (χ3v) is 5.35. The molecule has 28 heavy (non-hydrogen) atoms. The zero-order chi connectivity index (χ0) is 19.9. The summed E-state index contributed by atoms with van der Waals surface area (Å²) >= 11 is 1.66. The van der Waals surface area contributed by atoms with Crippen molar-refractivity contribution < 1.29 is 14.0 Å². The zero-order valence-electron chi connectivity index (χ0n) is 15.8. The summed E-state index contributed by atoms with van der Waals surface area (Å²) in [6.45, 7) is 0.429. The van der Waals surface area contributed by atoms with E-state index in [2.05, 4.69) is 5.32 Å². The Balaban J connectivity index is 1.63. The van der Waals surface area contributed by atoms with Crippen molar-refractivity contribution in [2.45, 2.75) is 17.2 Å². The van der Waals surface area contributed by atoms with Gasteiger partial charge in [0.2, 0.25) is 0 Å². The summed E-state index contributed by atoms with van der Waals surface area (Å²) < 4.78 is 5.48. The number of benzene rings is 2. The van der Waals surface area contributed by atoms with Crippen molar-refractivity contribution >= 4 is 23.6 Å². The lowest BCUT2D eigenvalue weighted by molar-refractivity contribution is 0.0752. The maximum absolute atomic E-state index is 12.8. The number of hydrogen-bond donors (Lipinski definition) is 1. The van der Waals surface area contributed by atoms with Gasteiger partial charge in [-0.3, -0.25) is 9.59 Å². The lowest BCUT2D eigenvalue weighted by Crippen LogP contribution is -2.26. The summed E-state index contributed by atoms with van der Waals surface area (Å²) in [7, 11) is 3.34. The van der Waals surface area contributed by atoms with Crippen LogP contribution in [0.2, 0.25) is 0 Å². The van der Waals surface area contributed by atoms with Crippen LogP contribution in [0.3, 0.4) is 0 Å². The van der Waals surface area contributed by atoms with Crippen LogP contribution in [0, 0.1) is 0 Å². The van der Waals surface area contributed by atoms with E-state index >= 15 is 0 Å². The first-order valence-electron chi connectivity index (χ1n) is 8.89. The summed E-state index contributed by atoms with van der Waals surface area (Å²) in [5.41, 5.74) is 2.41. The molecule has 0 atom stereocenters. The highest BCUT2D eigenvalue weighted by Gasteiger charge is 2.20. The van der Waals surface area contributed by atoms with Crippen LogP contribution < -0.4 is 5.32 Å². The van der Waals surface area contributed by atoms with Crippen LogP contribution in [0.4, 0.5) is 0 Å². The van der Waals surface area contributed by atoms with Gasteiger partial charge in [0.25, 0.3) is 11.8 Å². The standard InChI is InChI=1S/C22H22N2O3S/c1-23-21(25)17-10-8-16(9-11-17)14-24(2)22(26)20-18(12-13-27-20)15-28-19-6-4-3-5-7-19/h3-13H,14-15H2,1-2H3,(H,23,25). The van der Waals surface area contributed by atoms with Crippen LogP contribution in [-0.2, 0) is 12.3 Å². The topological polar surface area (TPSA) is 62.6 Å². The second-order valence-electron chi connectivity index (χ2n) is 6.31. The monoisotopic (exact) mass is 394 g/mol. The number of nitrogens with zero attached hydrogens (tertiary/aromatic N) is 1. The van der Waals surface area contributed by atoms with E-state index in [-0.39, 0.29) is 11.8 Å². The molecular weight excluding hydrogens is 372 g/mol. The Morgan fingerprint density at radius 1 is 1.04 bits per heavy atom. The molecule has 1 heterocycles. The molecule has 1 N–H and O–H groups in total. The van der Waals surface area contributed by atoms with Crippen LogP contribution >= 0.6 is 11.8 Å². The third kappa shape index (κ3) is 4.84. The maximum Gasteiger partial charge on any atom is 0.289 e. The van der Waals surface area contributed by atoms with E-state index in [1.54, 1.807) is 49.2 Å². The number of amides is 2. The van der Waals surface area contributed by atoms with E-state index in [0.717, 1.165) is 16.0 Å². The van der Waals surface area contributed by atoms with Gasteiger partial charge in [0.1, 0.15) is 0 Å². The van der Waals surface area contributed by atoms with Gasteiger partial charge in [-0.25, -0.2) is 0 Å². The van der Waals surface area contributed by atoms with Crippen LogP contribution in [-0.4, -0.2) is 30.8 Å². The quantitative estimate of drug-likeness (QED) is 0.610. The van der Waals surface area contributed by atoms with Crippen molar-refractivity contribution in [2.75, 3.05) is 14.1 Å². The fourth-order valence-electron chi connectivity index (χ4n) is 2.74. The first kappa shape index (κ1) is 19.8. The van der Waals surface area contributed by atoms with Crippen molar-refractivity contribution in [1.29, 1.82) is 0 Å². The third-order valence-electron chi connectivity index (χ3n) is 4.29. The van der Waals surface area contributed by atoms with E-state index in [1.807, 2.05) is 48.5 Å². The van der Waals surface area contributed by atoms with Crippen LogP contribution in [0.25, 0.3) is 0 Å². The molecule has 0 bridgehead atoms. The lowest BCUT2D eigenvalue weighted by atomic mass is 10.1. The van der Waals surface area contributed by atoms with Crippen molar-refractivity contribution in [3.8, 4) is 0 Å². The van der Waals surface area contributed by atoms with Gasteiger partial charge in [-0.1, -0.05) is 30.3 Å². The predicted molar refractivity (Wildman–Crippen MR) is 110 cm³/mol. The van der Waals surface area contributed by atoms with Gasteiger partial charge < -0.3 is 14.6 Å². The Morgan fingerprint density at radius 2 is 1.75 bits per heavy atom. The molecule has 0 unspecified atom stereocenters. The molecule has 0 fully saturated rings. The van der Waals surface area contributed by atoms with Crippen molar-refractivity contribution in [3.63, 3.8) is 0 Å². The summed E-state index contributed by atoms with van der Waals surface area (Å²) in [4.78, 5) is 27.2. The smallest absolute Gasteiger partial charge is 0.289 e. The minimum Gasteiger partial charge on any atom is -0.459 e.